The van der Waals surface area contributed by atoms with E-state index in [2.05, 4.69) is 6.58 Å². The smallest absolute Gasteiger partial charge is 0.243 e. The quantitative estimate of drug-likeness (QED) is 0.767. The van der Waals surface area contributed by atoms with Crippen molar-refractivity contribution in [3.05, 3.63) is 90.0 Å². The monoisotopic (exact) mass is 379 g/mol. The van der Waals surface area contributed by atoms with Crippen LogP contribution in [0.15, 0.2) is 78.2 Å². The van der Waals surface area contributed by atoms with Crippen molar-refractivity contribution in [1.29, 1.82) is 0 Å². The lowest BCUT2D eigenvalue weighted by molar-refractivity contribution is 0.104. The minimum atomic E-state index is -3.62. The van der Waals surface area contributed by atoms with Gasteiger partial charge < -0.3 is 0 Å². The average molecular weight is 379 g/mol. The Morgan fingerprint density at radius 3 is 2.56 bits per heavy atom. The second kappa shape index (κ2) is 6.29. The number of fused-ring (bicyclic) bond motifs is 2. The number of sulfonamides is 1. The minimum absolute atomic E-state index is 0.0427. The second-order valence-corrected chi connectivity index (χ2v) is 9.17. The van der Waals surface area contributed by atoms with Crippen LogP contribution in [0.2, 0.25) is 0 Å². The first-order valence-electron chi connectivity index (χ1n) is 8.91. The summed E-state index contributed by atoms with van der Waals surface area (Å²) < 4.78 is 27.9. The van der Waals surface area contributed by atoms with Gasteiger partial charge in [0.05, 0.1) is 4.90 Å². The summed E-state index contributed by atoms with van der Waals surface area (Å²) in [6.45, 7) is 6.50. The Labute approximate surface area is 159 Å². The van der Waals surface area contributed by atoms with E-state index in [1.54, 1.807) is 36.4 Å². The number of hydrogen-bond acceptors (Lipinski definition) is 3. The molecule has 2 aromatic carbocycles. The van der Waals surface area contributed by atoms with Crippen molar-refractivity contribution in [2.45, 2.75) is 17.2 Å². The molecule has 0 bridgehead atoms. The number of carbonyl (C=O) groups excluding carboxylic acids is 1. The predicted octanol–water partition coefficient (Wildman–Crippen LogP) is 3.49. The topological polar surface area (TPSA) is 54.5 Å². The maximum atomic E-state index is 13.2. The zero-order valence-electron chi connectivity index (χ0n) is 15.1. The summed E-state index contributed by atoms with van der Waals surface area (Å²) in [6, 6.07) is 14.4. The van der Waals surface area contributed by atoms with E-state index in [0.29, 0.717) is 18.7 Å². The van der Waals surface area contributed by atoms with Gasteiger partial charge in [0.2, 0.25) is 10.0 Å². The molecule has 27 heavy (non-hydrogen) atoms. The molecule has 0 aromatic heterocycles. The fraction of sp³-hybridized carbons (Fsp3) is 0.227. The van der Waals surface area contributed by atoms with E-state index in [0.717, 1.165) is 11.1 Å². The van der Waals surface area contributed by atoms with Crippen molar-refractivity contribution >= 4 is 15.8 Å². The van der Waals surface area contributed by atoms with Crippen LogP contribution in [0.4, 0.5) is 0 Å². The van der Waals surface area contributed by atoms with E-state index >= 15 is 0 Å². The van der Waals surface area contributed by atoms with E-state index < -0.39 is 15.4 Å². The third-order valence-electron chi connectivity index (χ3n) is 5.67. The molecule has 0 N–H and O–H groups in total. The van der Waals surface area contributed by atoms with Crippen molar-refractivity contribution < 1.29 is 13.2 Å². The highest BCUT2D eigenvalue weighted by Crippen LogP contribution is 2.46. The van der Waals surface area contributed by atoms with Crippen LogP contribution in [0.25, 0.3) is 0 Å². The van der Waals surface area contributed by atoms with E-state index in [4.69, 9.17) is 0 Å². The molecule has 5 heteroatoms. The van der Waals surface area contributed by atoms with Crippen LogP contribution in [-0.2, 0) is 15.4 Å². The van der Waals surface area contributed by atoms with Gasteiger partial charge in [-0.3, -0.25) is 4.79 Å². The highest BCUT2D eigenvalue weighted by molar-refractivity contribution is 7.89. The fourth-order valence-corrected chi connectivity index (χ4v) is 5.67. The molecule has 1 aliphatic carbocycles. The standard InChI is InChI=1S/C22H21NO3S/c1-3-17-14-23(27(25,26)18-10-8-16(2)9-11-18)15-22(17)13-12-21(24)19-6-4-5-7-20(19)22/h3-13,17H,1,14-15H2,2H3/t17-,22-/m0/s1. The Morgan fingerprint density at radius 2 is 1.85 bits per heavy atom. The zero-order chi connectivity index (χ0) is 19.2. The molecule has 2 aromatic rings. The normalized spacial score (nSPS) is 24.9. The van der Waals surface area contributed by atoms with Gasteiger partial charge in [-0.05, 0) is 30.7 Å². The molecule has 0 unspecified atom stereocenters. The van der Waals surface area contributed by atoms with Crippen molar-refractivity contribution in [1.82, 2.24) is 4.31 Å². The molecule has 4 rings (SSSR count). The summed E-state index contributed by atoms with van der Waals surface area (Å²) in [4.78, 5) is 12.6. The Morgan fingerprint density at radius 1 is 1.15 bits per heavy atom. The van der Waals surface area contributed by atoms with Crippen LogP contribution in [0.3, 0.4) is 0 Å². The van der Waals surface area contributed by atoms with E-state index in [9.17, 15) is 13.2 Å². The van der Waals surface area contributed by atoms with Gasteiger partial charge in [0.15, 0.2) is 5.78 Å². The van der Waals surface area contributed by atoms with Crippen molar-refractivity contribution in [3.63, 3.8) is 0 Å². The van der Waals surface area contributed by atoms with E-state index in [-0.39, 0.29) is 16.6 Å². The maximum absolute atomic E-state index is 13.2. The molecule has 2 atom stereocenters. The van der Waals surface area contributed by atoms with Crippen LogP contribution in [0.5, 0.6) is 0 Å². The molecule has 0 amide bonds. The Kier molecular flexibility index (Phi) is 4.17. The third kappa shape index (κ3) is 2.69. The molecule has 1 aliphatic heterocycles. The summed E-state index contributed by atoms with van der Waals surface area (Å²) in [7, 11) is -3.62. The second-order valence-electron chi connectivity index (χ2n) is 7.24. The zero-order valence-corrected chi connectivity index (χ0v) is 15.9. The number of nitrogens with zero attached hydrogens (tertiary/aromatic N) is 1. The molecular formula is C22H21NO3S. The number of hydrogen-bond donors (Lipinski definition) is 0. The van der Waals surface area contributed by atoms with Crippen molar-refractivity contribution in [2.75, 3.05) is 13.1 Å². The van der Waals surface area contributed by atoms with Gasteiger partial charge in [0.1, 0.15) is 0 Å². The molecule has 2 aliphatic rings. The van der Waals surface area contributed by atoms with Crippen molar-refractivity contribution in [2.24, 2.45) is 5.92 Å². The summed E-state index contributed by atoms with van der Waals surface area (Å²) in [5, 5.41) is 0. The van der Waals surface area contributed by atoms with Gasteiger partial charge in [0, 0.05) is 30.0 Å². The predicted molar refractivity (Wildman–Crippen MR) is 105 cm³/mol. The minimum Gasteiger partial charge on any atom is -0.289 e. The van der Waals surface area contributed by atoms with E-state index in [1.807, 2.05) is 37.3 Å². The van der Waals surface area contributed by atoms with Gasteiger partial charge in [-0.15, -0.1) is 6.58 Å². The third-order valence-corrected chi connectivity index (χ3v) is 7.50. The lowest BCUT2D eigenvalue weighted by atomic mass is 9.68. The molecule has 1 heterocycles. The van der Waals surface area contributed by atoms with Crippen LogP contribution in [0.1, 0.15) is 21.5 Å². The lowest BCUT2D eigenvalue weighted by Crippen LogP contribution is -2.37. The van der Waals surface area contributed by atoms with Crippen LogP contribution < -0.4 is 0 Å². The number of benzene rings is 2. The average Bonchev–Trinajstić information content (AvgIpc) is 3.06. The van der Waals surface area contributed by atoms with Gasteiger partial charge in [-0.1, -0.05) is 54.1 Å². The number of aryl methyl sites for hydroxylation is 1. The molecule has 0 radical (unpaired) electrons. The highest BCUT2D eigenvalue weighted by atomic mass is 32.2. The highest BCUT2D eigenvalue weighted by Gasteiger charge is 2.50. The molecule has 138 valence electrons. The van der Waals surface area contributed by atoms with Crippen LogP contribution in [0, 0.1) is 12.8 Å². The summed E-state index contributed by atoms with van der Waals surface area (Å²) >= 11 is 0. The first-order chi connectivity index (χ1) is 12.9. The maximum Gasteiger partial charge on any atom is 0.243 e. The molecule has 4 nitrogen and oxygen atoms in total. The Balaban J connectivity index is 1.80. The first-order valence-corrected chi connectivity index (χ1v) is 10.3. The molecular weight excluding hydrogens is 358 g/mol. The molecule has 1 fully saturated rings. The summed E-state index contributed by atoms with van der Waals surface area (Å²) in [5.41, 5.74) is 1.97. The van der Waals surface area contributed by atoms with Gasteiger partial charge in [-0.2, -0.15) is 4.31 Å². The SMILES string of the molecule is C=C[C@H]1CN(S(=O)(=O)c2ccc(C)cc2)C[C@@]12C=CC(=O)c1ccccc12. The lowest BCUT2D eigenvalue weighted by Gasteiger charge is -2.34. The van der Waals surface area contributed by atoms with Gasteiger partial charge >= 0.3 is 0 Å². The Hall–Kier alpha value is -2.50. The molecule has 1 spiro atoms. The summed E-state index contributed by atoms with van der Waals surface area (Å²) in [6.07, 6.45) is 5.25. The number of allylic oxidation sites excluding steroid dienone is 1. The van der Waals surface area contributed by atoms with Crippen LogP contribution >= 0.6 is 0 Å². The van der Waals surface area contributed by atoms with Crippen molar-refractivity contribution in [3.8, 4) is 0 Å². The number of ketones is 1. The summed E-state index contributed by atoms with van der Waals surface area (Å²) in [5.74, 6) is -0.151. The van der Waals surface area contributed by atoms with Gasteiger partial charge in [-0.25, -0.2) is 8.42 Å². The van der Waals surface area contributed by atoms with E-state index in [1.165, 1.54) is 4.31 Å². The van der Waals surface area contributed by atoms with Gasteiger partial charge in [0.25, 0.3) is 0 Å². The first kappa shape index (κ1) is 17.9. The largest absolute Gasteiger partial charge is 0.289 e. The fourth-order valence-electron chi connectivity index (χ4n) is 4.15. The number of rotatable bonds is 3. The molecule has 0 saturated carbocycles. The number of carbonyl (C=O) groups is 1. The molecule has 1 saturated heterocycles. The Bertz CT molecular complexity index is 1050. The van der Waals surface area contributed by atoms with Crippen LogP contribution in [-0.4, -0.2) is 31.6 Å².